The molecule has 3 nitrogen and oxygen atoms in total. The molecule has 0 saturated carbocycles. The fraction of sp³-hybridized carbons (Fsp3) is 0.500. The Balaban J connectivity index is 2.70. The van der Waals surface area contributed by atoms with Crippen LogP contribution in [0.3, 0.4) is 0 Å². The predicted octanol–water partition coefficient (Wildman–Crippen LogP) is 3.39. The zero-order valence-corrected chi connectivity index (χ0v) is 11.7. The number of halogens is 3. The van der Waals surface area contributed by atoms with Gasteiger partial charge in [-0.05, 0) is 32.4 Å². The second kappa shape index (κ2) is 6.15. The van der Waals surface area contributed by atoms with Crippen LogP contribution in [0.2, 0.25) is 0 Å². The minimum Gasteiger partial charge on any atom is -0.483 e. The summed E-state index contributed by atoms with van der Waals surface area (Å²) in [6.45, 7) is 5.11. The van der Waals surface area contributed by atoms with Crippen LogP contribution in [-0.2, 0) is 11.0 Å². The Labute approximate surface area is 116 Å². The molecule has 0 fully saturated rings. The summed E-state index contributed by atoms with van der Waals surface area (Å²) < 4.78 is 43.1. The van der Waals surface area contributed by atoms with Gasteiger partial charge in [-0.2, -0.15) is 13.2 Å². The molecule has 0 radical (unpaired) electrons. The van der Waals surface area contributed by atoms with Crippen molar-refractivity contribution in [2.24, 2.45) is 0 Å². The van der Waals surface area contributed by atoms with E-state index < -0.39 is 29.8 Å². The molecule has 1 N–H and O–H groups in total. The maximum atomic E-state index is 12.7. The van der Waals surface area contributed by atoms with Crippen molar-refractivity contribution in [3.05, 3.63) is 29.8 Å². The van der Waals surface area contributed by atoms with Crippen LogP contribution in [0.1, 0.15) is 32.8 Å². The van der Waals surface area contributed by atoms with Gasteiger partial charge in [0.2, 0.25) is 0 Å². The van der Waals surface area contributed by atoms with Crippen molar-refractivity contribution < 1.29 is 22.7 Å². The lowest BCUT2D eigenvalue weighted by Crippen LogP contribution is -2.45. The van der Waals surface area contributed by atoms with E-state index in [4.69, 9.17) is 4.74 Å². The number of nitrogens with one attached hydrogen (secondary N) is 1. The Morgan fingerprint density at radius 3 is 2.40 bits per heavy atom. The van der Waals surface area contributed by atoms with Gasteiger partial charge in [0, 0.05) is 5.54 Å². The summed E-state index contributed by atoms with van der Waals surface area (Å²) in [4.78, 5) is 11.6. The number of rotatable bonds is 5. The number of para-hydroxylation sites is 1. The molecule has 0 unspecified atom stereocenters. The van der Waals surface area contributed by atoms with E-state index in [-0.39, 0.29) is 5.75 Å². The molecule has 0 saturated heterocycles. The molecule has 1 aromatic rings. The molecule has 0 spiro atoms. The molecule has 0 aliphatic carbocycles. The summed E-state index contributed by atoms with van der Waals surface area (Å²) in [5.41, 5.74) is -1.30. The van der Waals surface area contributed by atoms with Gasteiger partial charge in [0.25, 0.3) is 5.91 Å². The topological polar surface area (TPSA) is 38.3 Å². The van der Waals surface area contributed by atoms with Gasteiger partial charge in [0.05, 0.1) is 5.56 Å². The normalized spacial score (nSPS) is 12.1. The lowest BCUT2D eigenvalue weighted by molar-refractivity contribution is -0.139. The molecule has 1 aromatic carbocycles. The summed E-state index contributed by atoms with van der Waals surface area (Å²) in [5.74, 6) is -0.793. The van der Waals surface area contributed by atoms with Gasteiger partial charge >= 0.3 is 6.18 Å². The third-order valence-corrected chi connectivity index (χ3v) is 2.91. The average molecular weight is 289 g/mol. The molecular formula is C14H18F3NO2. The second-order valence-corrected chi connectivity index (χ2v) is 5.07. The van der Waals surface area contributed by atoms with Crippen LogP contribution in [-0.4, -0.2) is 18.1 Å². The Morgan fingerprint density at radius 2 is 1.85 bits per heavy atom. The number of amides is 1. The molecule has 0 bridgehead atoms. The van der Waals surface area contributed by atoms with Crippen molar-refractivity contribution >= 4 is 5.91 Å². The summed E-state index contributed by atoms with van der Waals surface area (Å²) in [5, 5.41) is 2.69. The van der Waals surface area contributed by atoms with Gasteiger partial charge in [-0.3, -0.25) is 4.79 Å². The first-order chi connectivity index (χ1) is 9.15. The Morgan fingerprint density at radius 1 is 1.25 bits per heavy atom. The van der Waals surface area contributed by atoms with Crippen LogP contribution in [0.15, 0.2) is 24.3 Å². The fourth-order valence-corrected chi connectivity index (χ4v) is 1.47. The van der Waals surface area contributed by atoms with Crippen molar-refractivity contribution in [1.82, 2.24) is 5.32 Å². The van der Waals surface area contributed by atoms with E-state index in [1.54, 1.807) is 0 Å². The molecule has 112 valence electrons. The van der Waals surface area contributed by atoms with Gasteiger partial charge in [0.15, 0.2) is 6.61 Å². The Bertz CT molecular complexity index is 470. The lowest BCUT2D eigenvalue weighted by Gasteiger charge is -2.24. The SMILES string of the molecule is CCC(C)(C)NC(=O)COc1ccccc1C(F)(F)F. The zero-order chi connectivity index (χ0) is 15.4. The molecule has 1 rings (SSSR count). The summed E-state index contributed by atoms with van der Waals surface area (Å²) >= 11 is 0. The molecule has 0 atom stereocenters. The minimum atomic E-state index is -4.50. The molecular weight excluding hydrogens is 271 g/mol. The van der Waals surface area contributed by atoms with E-state index >= 15 is 0 Å². The molecule has 20 heavy (non-hydrogen) atoms. The number of alkyl halides is 3. The maximum absolute atomic E-state index is 12.7. The number of ether oxygens (including phenoxy) is 1. The van der Waals surface area contributed by atoms with Gasteiger partial charge in [0.1, 0.15) is 5.75 Å². The Hall–Kier alpha value is -1.72. The van der Waals surface area contributed by atoms with Crippen LogP contribution in [0.5, 0.6) is 5.75 Å². The fourth-order valence-electron chi connectivity index (χ4n) is 1.47. The molecule has 0 aromatic heterocycles. The van der Waals surface area contributed by atoms with Gasteiger partial charge in [-0.25, -0.2) is 0 Å². The van der Waals surface area contributed by atoms with Crippen LogP contribution < -0.4 is 10.1 Å². The molecule has 0 aliphatic heterocycles. The van der Waals surface area contributed by atoms with Crippen molar-refractivity contribution in [2.45, 2.75) is 38.9 Å². The number of benzene rings is 1. The number of hydrogen-bond donors (Lipinski definition) is 1. The van der Waals surface area contributed by atoms with Crippen LogP contribution in [0, 0.1) is 0 Å². The predicted molar refractivity (Wildman–Crippen MR) is 69.5 cm³/mol. The number of hydrogen-bond acceptors (Lipinski definition) is 2. The van der Waals surface area contributed by atoms with Gasteiger partial charge in [-0.15, -0.1) is 0 Å². The first kappa shape index (κ1) is 16.3. The maximum Gasteiger partial charge on any atom is 0.419 e. The average Bonchev–Trinajstić information content (AvgIpc) is 2.35. The third kappa shape index (κ3) is 4.75. The largest absolute Gasteiger partial charge is 0.483 e. The van der Waals surface area contributed by atoms with E-state index in [0.717, 1.165) is 6.07 Å². The molecule has 0 aliphatic rings. The van der Waals surface area contributed by atoms with Crippen LogP contribution in [0.4, 0.5) is 13.2 Å². The highest BCUT2D eigenvalue weighted by atomic mass is 19.4. The monoisotopic (exact) mass is 289 g/mol. The first-order valence-electron chi connectivity index (χ1n) is 6.26. The smallest absolute Gasteiger partial charge is 0.419 e. The second-order valence-electron chi connectivity index (χ2n) is 5.07. The van der Waals surface area contributed by atoms with Crippen LogP contribution >= 0.6 is 0 Å². The number of carbonyl (C=O) groups is 1. The summed E-state index contributed by atoms with van der Waals surface area (Å²) in [6, 6.07) is 4.82. The van der Waals surface area contributed by atoms with Crippen molar-refractivity contribution in [3.8, 4) is 5.75 Å². The van der Waals surface area contributed by atoms with E-state index in [2.05, 4.69) is 5.32 Å². The quantitative estimate of drug-likeness (QED) is 0.902. The third-order valence-electron chi connectivity index (χ3n) is 2.91. The van der Waals surface area contributed by atoms with Crippen molar-refractivity contribution in [2.75, 3.05) is 6.61 Å². The van der Waals surface area contributed by atoms with Crippen molar-refractivity contribution in [3.63, 3.8) is 0 Å². The van der Waals surface area contributed by atoms with Crippen LogP contribution in [0.25, 0.3) is 0 Å². The lowest BCUT2D eigenvalue weighted by atomic mass is 10.0. The highest BCUT2D eigenvalue weighted by molar-refractivity contribution is 5.78. The molecule has 0 heterocycles. The van der Waals surface area contributed by atoms with E-state index in [0.29, 0.717) is 6.42 Å². The number of carbonyl (C=O) groups excluding carboxylic acids is 1. The van der Waals surface area contributed by atoms with E-state index in [1.165, 1.54) is 18.2 Å². The molecule has 6 heteroatoms. The van der Waals surface area contributed by atoms with Gasteiger partial charge in [-0.1, -0.05) is 19.1 Å². The van der Waals surface area contributed by atoms with E-state index in [1.807, 2.05) is 20.8 Å². The summed E-state index contributed by atoms with van der Waals surface area (Å²) in [6.07, 6.45) is -3.80. The highest BCUT2D eigenvalue weighted by Crippen LogP contribution is 2.35. The standard InChI is InChI=1S/C14H18F3NO2/c1-4-13(2,3)18-12(19)9-20-11-8-6-5-7-10(11)14(15,16)17/h5-8H,4,9H2,1-3H3,(H,18,19). The zero-order valence-electron chi connectivity index (χ0n) is 11.7. The first-order valence-corrected chi connectivity index (χ1v) is 6.26. The minimum absolute atomic E-state index is 0.343. The molecule has 1 amide bonds. The van der Waals surface area contributed by atoms with Gasteiger partial charge < -0.3 is 10.1 Å². The summed E-state index contributed by atoms with van der Waals surface area (Å²) in [7, 11) is 0. The Kier molecular flexibility index (Phi) is 5.03. The van der Waals surface area contributed by atoms with E-state index in [9.17, 15) is 18.0 Å². The highest BCUT2D eigenvalue weighted by Gasteiger charge is 2.34. The van der Waals surface area contributed by atoms with Crippen molar-refractivity contribution in [1.29, 1.82) is 0 Å².